The third-order valence-electron chi connectivity index (χ3n) is 6.69. The second kappa shape index (κ2) is 8.64. The highest BCUT2D eigenvalue weighted by Gasteiger charge is 2.73. The molecule has 7 nitrogen and oxygen atoms in total. The van der Waals surface area contributed by atoms with Crippen LogP contribution in [0.5, 0.6) is 0 Å². The lowest BCUT2D eigenvalue weighted by Gasteiger charge is -2.36. The Labute approximate surface area is 191 Å². The van der Waals surface area contributed by atoms with Crippen molar-refractivity contribution in [3.8, 4) is 0 Å². The van der Waals surface area contributed by atoms with Gasteiger partial charge in [-0.3, -0.25) is 14.4 Å². The average Bonchev–Trinajstić information content (AvgIpc) is 3.40. The molecule has 3 amide bonds. The van der Waals surface area contributed by atoms with E-state index >= 15 is 0 Å². The number of aliphatic hydroxyl groups excluding tert-OH is 1. The molecule has 1 aromatic carbocycles. The second-order valence-corrected chi connectivity index (χ2v) is 10.7. The van der Waals surface area contributed by atoms with Crippen LogP contribution in [0.3, 0.4) is 0 Å². The van der Waals surface area contributed by atoms with Gasteiger partial charge in [-0.25, -0.2) is 0 Å². The predicted octanol–water partition coefficient (Wildman–Crippen LogP) is 2.28. The summed E-state index contributed by atoms with van der Waals surface area (Å²) in [6.07, 6.45) is 2.31. The van der Waals surface area contributed by atoms with Crippen molar-refractivity contribution in [3.05, 3.63) is 29.3 Å². The van der Waals surface area contributed by atoms with E-state index in [0.717, 1.165) is 12.8 Å². The molecule has 3 saturated heterocycles. The third-order valence-corrected chi connectivity index (χ3v) is 8.89. The van der Waals surface area contributed by atoms with Gasteiger partial charge in [0, 0.05) is 22.5 Å². The lowest BCUT2D eigenvalue weighted by Crippen LogP contribution is -2.54. The fourth-order valence-corrected chi connectivity index (χ4v) is 7.69. The zero-order valence-electron chi connectivity index (χ0n) is 17.6. The van der Waals surface area contributed by atoms with Gasteiger partial charge in [0.2, 0.25) is 17.7 Å². The number of amides is 3. The highest BCUT2D eigenvalue weighted by Crippen LogP contribution is 2.66. The number of nitrogens with zero attached hydrogens (tertiary/aromatic N) is 1. The first-order valence-electron chi connectivity index (χ1n) is 10.8. The Balaban J connectivity index is 1.68. The number of thioether (sulfide) groups is 1. The van der Waals surface area contributed by atoms with Crippen molar-refractivity contribution < 1.29 is 19.5 Å². The molecule has 9 heteroatoms. The van der Waals surface area contributed by atoms with Crippen molar-refractivity contribution in [2.45, 2.75) is 55.2 Å². The van der Waals surface area contributed by atoms with E-state index < -0.39 is 28.7 Å². The van der Waals surface area contributed by atoms with Crippen molar-refractivity contribution >= 4 is 46.8 Å². The fourth-order valence-electron chi connectivity index (χ4n) is 5.36. The maximum atomic E-state index is 13.6. The molecule has 31 heavy (non-hydrogen) atoms. The first-order valence-corrected chi connectivity index (χ1v) is 12.0. The molecule has 3 aliphatic rings. The van der Waals surface area contributed by atoms with E-state index in [4.69, 9.17) is 11.6 Å². The summed E-state index contributed by atoms with van der Waals surface area (Å²) in [6.45, 7) is 4.04. The molecule has 1 spiro atoms. The van der Waals surface area contributed by atoms with E-state index in [-0.39, 0.29) is 29.6 Å². The largest absolute Gasteiger partial charge is 0.394 e. The van der Waals surface area contributed by atoms with Crippen molar-refractivity contribution in [2.24, 2.45) is 11.8 Å². The Morgan fingerprint density at radius 3 is 2.68 bits per heavy atom. The summed E-state index contributed by atoms with van der Waals surface area (Å²) in [4.78, 5) is 41.6. The summed E-state index contributed by atoms with van der Waals surface area (Å²) < 4.78 is -0.657. The molecular weight excluding hydrogens is 438 g/mol. The van der Waals surface area contributed by atoms with E-state index in [1.54, 1.807) is 43.0 Å². The maximum Gasteiger partial charge on any atom is 0.248 e. The molecule has 0 aromatic heterocycles. The number of carbonyl (C=O) groups is 3. The van der Waals surface area contributed by atoms with Gasteiger partial charge in [-0.05, 0) is 50.5 Å². The SMILES string of the molecule is CCCNC(=O)[C@@H]1[C@H]2C(=O)N([C@H](C)CO)C(C(=O)Nc3ccc(Cl)cc3)C23CC[C@H]1S3. The van der Waals surface area contributed by atoms with Crippen molar-refractivity contribution in [1.82, 2.24) is 10.2 Å². The number of benzene rings is 1. The third kappa shape index (κ3) is 3.62. The maximum absolute atomic E-state index is 13.6. The minimum absolute atomic E-state index is 0.0308. The number of hydrogen-bond donors (Lipinski definition) is 3. The number of fused-ring (bicyclic) bond motifs is 1. The van der Waals surface area contributed by atoms with Gasteiger partial charge < -0.3 is 20.6 Å². The van der Waals surface area contributed by atoms with Crippen LogP contribution >= 0.6 is 23.4 Å². The topological polar surface area (TPSA) is 98.7 Å². The van der Waals surface area contributed by atoms with Crippen molar-refractivity contribution in [1.29, 1.82) is 0 Å². The average molecular weight is 466 g/mol. The number of halogens is 1. The van der Waals surface area contributed by atoms with E-state index in [0.29, 0.717) is 23.7 Å². The predicted molar refractivity (Wildman–Crippen MR) is 121 cm³/mol. The summed E-state index contributed by atoms with van der Waals surface area (Å²) in [6, 6.07) is 5.54. The number of hydrogen-bond acceptors (Lipinski definition) is 5. The fraction of sp³-hybridized carbons (Fsp3) is 0.591. The summed E-state index contributed by atoms with van der Waals surface area (Å²) in [7, 11) is 0. The van der Waals surface area contributed by atoms with Crippen LogP contribution < -0.4 is 10.6 Å². The van der Waals surface area contributed by atoms with Crippen LogP contribution in [0.15, 0.2) is 24.3 Å². The van der Waals surface area contributed by atoms with Gasteiger partial charge >= 0.3 is 0 Å². The van der Waals surface area contributed by atoms with Crippen LogP contribution in [0.4, 0.5) is 5.69 Å². The van der Waals surface area contributed by atoms with Gasteiger partial charge in [0.15, 0.2) is 0 Å². The monoisotopic (exact) mass is 465 g/mol. The van der Waals surface area contributed by atoms with Gasteiger partial charge in [0.1, 0.15) is 6.04 Å². The van der Waals surface area contributed by atoms with Gasteiger partial charge in [-0.2, -0.15) is 0 Å². The van der Waals surface area contributed by atoms with E-state index in [1.165, 1.54) is 4.90 Å². The summed E-state index contributed by atoms with van der Waals surface area (Å²) >= 11 is 7.57. The quantitative estimate of drug-likeness (QED) is 0.573. The molecule has 0 saturated carbocycles. The molecule has 3 fully saturated rings. The first kappa shape index (κ1) is 22.4. The Kier molecular flexibility index (Phi) is 6.25. The highest BCUT2D eigenvalue weighted by molar-refractivity contribution is 8.02. The lowest BCUT2D eigenvalue weighted by molar-refractivity contribution is -0.141. The van der Waals surface area contributed by atoms with E-state index in [2.05, 4.69) is 10.6 Å². The highest BCUT2D eigenvalue weighted by atomic mass is 35.5. The van der Waals surface area contributed by atoms with Crippen LogP contribution in [-0.2, 0) is 14.4 Å². The van der Waals surface area contributed by atoms with Crippen molar-refractivity contribution in [2.75, 3.05) is 18.5 Å². The summed E-state index contributed by atoms with van der Waals surface area (Å²) in [5, 5.41) is 16.3. The normalized spacial score (nSPS) is 32.1. The van der Waals surface area contributed by atoms with Crippen LogP contribution in [0, 0.1) is 11.8 Å². The second-order valence-electron chi connectivity index (χ2n) is 8.62. The number of likely N-dealkylation sites (tertiary alicyclic amines) is 1. The van der Waals surface area contributed by atoms with E-state index in [1.807, 2.05) is 6.92 Å². The minimum Gasteiger partial charge on any atom is -0.394 e. The van der Waals surface area contributed by atoms with Gasteiger partial charge in [-0.1, -0.05) is 18.5 Å². The number of nitrogens with one attached hydrogen (secondary N) is 2. The minimum atomic E-state index is -0.748. The van der Waals surface area contributed by atoms with Crippen LogP contribution in [0.25, 0.3) is 0 Å². The zero-order chi connectivity index (χ0) is 22.3. The van der Waals surface area contributed by atoms with Crippen LogP contribution in [0.1, 0.15) is 33.1 Å². The van der Waals surface area contributed by atoms with Crippen molar-refractivity contribution in [3.63, 3.8) is 0 Å². The molecule has 3 heterocycles. The zero-order valence-corrected chi connectivity index (χ0v) is 19.2. The standard InChI is InChI=1S/C22H28ClN3O4S/c1-3-10-24-19(28)16-15-8-9-22(31-15)17(16)21(30)26(12(2)11-27)18(22)20(29)25-14-6-4-13(23)5-7-14/h4-7,12,15-18,27H,3,8-11H2,1-2H3,(H,24,28)(H,25,29)/t12-,15-,16+,17+,18?,22?/m1/s1. The molecule has 2 bridgehead atoms. The number of rotatable bonds is 7. The van der Waals surface area contributed by atoms with Crippen LogP contribution in [0.2, 0.25) is 5.02 Å². The number of carbonyl (C=O) groups excluding carboxylic acids is 3. The Hall–Kier alpha value is -1.77. The Morgan fingerprint density at radius 2 is 2.03 bits per heavy atom. The molecule has 0 radical (unpaired) electrons. The molecule has 168 valence electrons. The van der Waals surface area contributed by atoms with E-state index in [9.17, 15) is 19.5 Å². The molecule has 3 N–H and O–H groups in total. The molecule has 3 aliphatic heterocycles. The molecule has 2 unspecified atom stereocenters. The molecular formula is C22H28ClN3O4S. The molecule has 0 aliphatic carbocycles. The molecule has 4 rings (SSSR count). The number of aliphatic hydroxyl groups is 1. The summed E-state index contributed by atoms with van der Waals surface area (Å²) in [5.74, 6) is -1.59. The Bertz CT molecular complexity index is 882. The number of anilines is 1. The Morgan fingerprint density at radius 1 is 1.32 bits per heavy atom. The molecule has 6 atom stereocenters. The van der Waals surface area contributed by atoms with Gasteiger partial charge in [0.25, 0.3) is 0 Å². The van der Waals surface area contributed by atoms with Crippen LogP contribution in [-0.4, -0.2) is 63.0 Å². The lowest BCUT2D eigenvalue weighted by atomic mass is 9.70. The summed E-state index contributed by atoms with van der Waals surface area (Å²) in [5.41, 5.74) is 0.591. The van der Waals surface area contributed by atoms with Gasteiger partial charge in [-0.15, -0.1) is 11.8 Å². The molecule has 1 aromatic rings. The first-order chi connectivity index (χ1) is 14.8. The van der Waals surface area contributed by atoms with Gasteiger partial charge in [0.05, 0.1) is 29.2 Å². The smallest absolute Gasteiger partial charge is 0.248 e.